The van der Waals surface area contributed by atoms with Crippen molar-refractivity contribution >= 4 is 5.82 Å². The number of pyridine rings is 1. The van der Waals surface area contributed by atoms with Crippen LogP contribution < -0.4 is 15.2 Å². The highest BCUT2D eigenvalue weighted by molar-refractivity contribution is 5.40. The maximum Gasteiger partial charge on any atom is 0.161 e. The molecule has 0 aliphatic heterocycles. The third-order valence-corrected chi connectivity index (χ3v) is 2.55. The second-order valence-corrected chi connectivity index (χ2v) is 4.17. The molecule has 2 aromatic rings. The van der Waals surface area contributed by atoms with E-state index in [1.807, 2.05) is 30.3 Å². The quantitative estimate of drug-likeness (QED) is 0.865. The summed E-state index contributed by atoms with van der Waals surface area (Å²) in [5.41, 5.74) is 6.62. The van der Waals surface area contributed by atoms with E-state index in [1.54, 1.807) is 12.3 Å². The summed E-state index contributed by atoms with van der Waals surface area (Å²) in [5, 5.41) is 0. The van der Waals surface area contributed by atoms with Crippen LogP contribution in [0.2, 0.25) is 0 Å². The first kappa shape index (κ1) is 13.2. The molecule has 0 amide bonds. The van der Waals surface area contributed by atoms with E-state index in [0.29, 0.717) is 19.0 Å². The van der Waals surface area contributed by atoms with Gasteiger partial charge in [-0.15, -0.1) is 0 Å². The van der Waals surface area contributed by atoms with E-state index in [0.717, 1.165) is 23.5 Å². The minimum Gasteiger partial charge on any atom is -0.490 e. The third-order valence-electron chi connectivity index (χ3n) is 2.55. The van der Waals surface area contributed by atoms with Crippen molar-refractivity contribution in [3.05, 3.63) is 48.2 Å². The monoisotopic (exact) mass is 258 g/mol. The maximum absolute atomic E-state index is 5.77. The van der Waals surface area contributed by atoms with E-state index in [2.05, 4.69) is 11.9 Å². The lowest BCUT2D eigenvalue weighted by Crippen LogP contribution is -2.01. The van der Waals surface area contributed by atoms with Crippen molar-refractivity contribution in [1.29, 1.82) is 0 Å². The van der Waals surface area contributed by atoms with Crippen LogP contribution in [0.3, 0.4) is 0 Å². The first-order valence-electron chi connectivity index (χ1n) is 6.34. The molecule has 0 aliphatic rings. The second kappa shape index (κ2) is 6.64. The fourth-order valence-electron chi connectivity index (χ4n) is 1.65. The summed E-state index contributed by atoms with van der Waals surface area (Å²) in [6, 6.07) is 11.3. The molecule has 0 bridgehead atoms. The van der Waals surface area contributed by atoms with Crippen LogP contribution in [-0.4, -0.2) is 11.6 Å². The van der Waals surface area contributed by atoms with Gasteiger partial charge in [-0.3, -0.25) is 0 Å². The molecule has 100 valence electrons. The molecule has 0 aliphatic carbocycles. The molecule has 2 N–H and O–H groups in total. The van der Waals surface area contributed by atoms with E-state index >= 15 is 0 Å². The molecule has 0 atom stereocenters. The van der Waals surface area contributed by atoms with Crippen LogP contribution in [0, 0.1) is 0 Å². The molecule has 4 nitrogen and oxygen atoms in total. The van der Waals surface area contributed by atoms with Crippen LogP contribution >= 0.6 is 0 Å². The van der Waals surface area contributed by atoms with Crippen molar-refractivity contribution in [1.82, 2.24) is 4.98 Å². The Morgan fingerprint density at radius 2 is 1.84 bits per heavy atom. The van der Waals surface area contributed by atoms with Crippen molar-refractivity contribution in [2.75, 3.05) is 12.3 Å². The van der Waals surface area contributed by atoms with Crippen molar-refractivity contribution < 1.29 is 9.47 Å². The zero-order valence-corrected chi connectivity index (χ0v) is 11.0. The molecule has 0 saturated carbocycles. The summed E-state index contributed by atoms with van der Waals surface area (Å²) in [6.45, 7) is 3.20. The molecule has 1 aromatic heterocycles. The highest BCUT2D eigenvalue weighted by Gasteiger charge is 2.04. The van der Waals surface area contributed by atoms with Gasteiger partial charge in [-0.2, -0.15) is 0 Å². The maximum atomic E-state index is 5.77. The number of para-hydroxylation sites is 2. The molecule has 0 spiro atoms. The Kier molecular flexibility index (Phi) is 4.61. The molecule has 2 rings (SSSR count). The number of nitrogens with two attached hydrogens (primary N) is 1. The van der Waals surface area contributed by atoms with E-state index in [1.165, 1.54) is 0 Å². The number of benzene rings is 1. The molecule has 0 radical (unpaired) electrons. The molecular formula is C15H18N2O2. The second-order valence-electron chi connectivity index (χ2n) is 4.17. The van der Waals surface area contributed by atoms with Gasteiger partial charge in [0.2, 0.25) is 0 Å². The molecule has 0 fully saturated rings. The van der Waals surface area contributed by atoms with Crippen molar-refractivity contribution in [3.8, 4) is 11.5 Å². The zero-order chi connectivity index (χ0) is 13.5. The molecule has 4 heteroatoms. The van der Waals surface area contributed by atoms with Crippen LogP contribution in [0.5, 0.6) is 11.5 Å². The predicted octanol–water partition coefficient (Wildman–Crippen LogP) is 3.03. The van der Waals surface area contributed by atoms with Gasteiger partial charge in [0.15, 0.2) is 11.5 Å². The highest BCUT2D eigenvalue weighted by Crippen LogP contribution is 2.27. The minimum absolute atomic E-state index is 0.444. The normalized spacial score (nSPS) is 10.2. The van der Waals surface area contributed by atoms with Gasteiger partial charge in [-0.1, -0.05) is 19.1 Å². The van der Waals surface area contributed by atoms with Crippen LogP contribution in [0.1, 0.15) is 18.9 Å². The standard InChI is InChI=1S/C15H18N2O2/c1-2-9-18-13-5-3-4-6-14(13)19-11-12-7-8-17-15(16)10-12/h3-8,10H,2,9,11H2,1H3,(H2,16,17). The summed E-state index contributed by atoms with van der Waals surface area (Å²) in [7, 11) is 0. The van der Waals surface area contributed by atoms with Gasteiger partial charge in [-0.25, -0.2) is 4.98 Å². The van der Waals surface area contributed by atoms with E-state index in [-0.39, 0.29) is 0 Å². The van der Waals surface area contributed by atoms with Crippen molar-refractivity contribution in [2.24, 2.45) is 0 Å². The topological polar surface area (TPSA) is 57.4 Å². The smallest absolute Gasteiger partial charge is 0.161 e. The Labute approximate surface area is 113 Å². The van der Waals surface area contributed by atoms with Gasteiger partial charge in [0, 0.05) is 6.20 Å². The number of nitrogens with zero attached hydrogens (tertiary/aromatic N) is 1. The average molecular weight is 258 g/mol. The summed E-state index contributed by atoms with van der Waals surface area (Å²) in [6.07, 6.45) is 2.64. The van der Waals surface area contributed by atoms with Gasteiger partial charge in [-0.05, 0) is 36.2 Å². The first-order chi connectivity index (χ1) is 9.29. The molecule has 1 aromatic carbocycles. The summed E-state index contributed by atoms with van der Waals surface area (Å²) < 4.78 is 11.4. The Hall–Kier alpha value is -2.23. The van der Waals surface area contributed by atoms with E-state index < -0.39 is 0 Å². The first-order valence-corrected chi connectivity index (χ1v) is 6.34. The number of hydrogen-bond donors (Lipinski definition) is 1. The minimum atomic E-state index is 0.444. The number of aromatic nitrogens is 1. The average Bonchev–Trinajstić information content (AvgIpc) is 2.44. The van der Waals surface area contributed by atoms with Crippen LogP contribution in [0.25, 0.3) is 0 Å². The van der Waals surface area contributed by atoms with Crippen LogP contribution in [0.15, 0.2) is 42.6 Å². The molecule has 19 heavy (non-hydrogen) atoms. The van der Waals surface area contributed by atoms with Gasteiger partial charge >= 0.3 is 0 Å². The number of rotatable bonds is 6. The molecular weight excluding hydrogens is 240 g/mol. The lowest BCUT2D eigenvalue weighted by molar-refractivity contribution is 0.262. The molecule has 1 heterocycles. The van der Waals surface area contributed by atoms with Crippen LogP contribution in [0.4, 0.5) is 5.82 Å². The van der Waals surface area contributed by atoms with Crippen molar-refractivity contribution in [2.45, 2.75) is 20.0 Å². The number of anilines is 1. The summed E-state index contributed by atoms with van der Waals surface area (Å²) >= 11 is 0. The van der Waals surface area contributed by atoms with Gasteiger partial charge in [0.05, 0.1) is 6.61 Å². The Bertz CT molecular complexity index is 529. The van der Waals surface area contributed by atoms with Crippen molar-refractivity contribution in [3.63, 3.8) is 0 Å². The Balaban J connectivity index is 2.02. The summed E-state index contributed by atoms with van der Waals surface area (Å²) in [5.74, 6) is 2.01. The lowest BCUT2D eigenvalue weighted by Gasteiger charge is -2.12. The zero-order valence-electron chi connectivity index (χ0n) is 11.0. The molecule has 0 unspecified atom stereocenters. The predicted molar refractivity (Wildman–Crippen MR) is 75.2 cm³/mol. The Morgan fingerprint density at radius 1 is 1.11 bits per heavy atom. The number of hydrogen-bond acceptors (Lipinski definition) is 4. The van der Waals surface area contributed by atoms with Gasteiger partial charge in [0.25, 0.3) is 0 Å². The number of nitrogen functional groups attached to an aromatic ring is 1. The summed E-state index contributed by atoms with van der Waals surface area (Å²) in [4.78, 5) is 3.95. The SMILES string of the molecule is CCCOc1ccccc1OCc1ccnc(N)c1. The molecule has 0 saturated heterocycles. The van der Waals surface area contributed by atoms with E-state index in [9.17, 15) is 0 Å². The Morgan fingerprint density at radius 3 is 2.53 bits per heavy atom. The largest absolute Gasteiger partial charge is 0.490 e. The highest BCUT2D eigenvalue weighted by atomic mass is 16.5. The fourth-order valence-corrected chi connectivity index (χ4v) is 1.65. The lowest BCUT2D eigenvalue weighted by atomic mass is 10.2. The number of ether oxygens (including phenoxy) is 2. The third kappa shape index (κ3) is 3.88. The van der Waals surface area contributed by atoms with Gasteiger partial charge in [0.1, 0.15) is 12.4 Å². The fraction of sp³-hybridized carbons (Fsp3) is 0.267. The van der Waals surface area contributed by atoms with Gasteiger partial charge < -0.3 is 15.2 Å². The van der Waals surface area contributed by atoms with E-state index in [4.69, 9.17) is 15.2 Å². The van der Waals surface area contributed by atoms with Crippen LogP contribution in [-0.2, 0) is 6.61 Å².